The summed E-state index contributed by atoms with van der Waals surface area (Å²) in [6.45, 7) is 3.70. The molecule has 0 aromatic heterocycles. The van der Waals surface area contributed by atoms with Crippen LogP contribution in [0.4, 0.5) is 5.69 Å². The van der Waals surface area contributed by atoms with Crippen molar-refractivity contribution in [3.05, 3.63) is 101 Å². The lowest BCUT2D eigenvalue weighted by molar-refractivity contribution is -0.120. The summed E-state index contributed by atoms with van der Waals surface area (Å²) in [5.41, 5.74) is 11.1. The summed E-state index contributed by atoms with van der Waals surface area (Å²) in [7, 11) is 0. The van der Waals surface area contributed by atoms with Crippen molar-refractivity contribution in [1.82, 2.24) is 0 Å². The van der Waals surface area contributed by atoms with Crippen LogP contribution < -0.4 is 11.1 Å². The molecule has 3 aromatic carbocycles. The van der Waals surface area contributed by atoms with Crippen LogP contribution in [-0.2, 0) is 9.63 Å². The van der Waals surface area contributed by atoms with Crippen LogP contribution >= 0.6 is 0 Å². The SMILES string of the molecule is Cc1ccc(C)c(NC(=O)CO/N=C(/N)C(c2ccccc2)c2ccccc2)c1. The summed E-state index contributed by atoms with van der Waals surface area (Å²) >= 11 is 0. The predicted octanol–water partition coefficient (Wildman–Crippen LogP) is 4.36. The predicted molar refractivity (Wildman–Crippen MR) is 117 cm³/mol. The van der Waals surface area contributed by atoms with Crippen molar-refractivity contribution < 1.29 is 9.63 Å². The zero-order valence-corrected chi connectivity index (χ0v) is 16.6. The molecule has 0 fully saturated rings. The molecular weight excluding hydrogens is 362 g/mol. The Hall–Kier alpha value is -3.60. The van der Waals surface area contributed by atoms with Crippen LogP contribution in [0.1, 0.15) is 28.2 Å². The molecule has 3 N–H and O–H groups in total. The van der Waals surface area contributed by atoms with Crippen molar-refractivity contribution in [3.8, 4) is 0 Å². The van der Waals surface area contributed by atoms with Gasteiger partial charge in [-0.2, -0.15) is 0 Å². The van der Waals surface area contributed by atoms with Gasteiger partial charge in [0, 0.05) is 5.69 Å². The number of aryl methyl sites for hydroxylation is 2. The van der Waals surface area contributed by atoms with Gasteiger partial charge in [0.15, 0.2) is 12.4 Å². The van der Waals surface area contributed by atoms with Gasteiger partial charge in [0.2, 0.25) is 0 Å². The maximum absolute atomic E-state index is 12.2. The third-order valence-electron chi connectivity index (χ3n) is 4.59. The number of benzene rings is 3. The van der Waals surface area contributed by atoms with Crippen LogP contribution in [0.15, 0.2) is 84.0 Å². The standard InChI is InChI=1S/C24H25N3O2/c1-17-13-14-18(2)21(15-17)26-22(28)16-29-27-24(25)23(19-9-5-3-6-10-19)20-11-7-4-8-12-20/h3-15,23H,16H2,1-2H3,(H2,25,27)(H,26,28). The van der Waals surface area contributed by atoms with E-state index in [2.05, 4.69) is 10.5 Å². The van der Waals surface area contributed by atoms with E-state index in [-0.39, 0.29) is 18.4 Å². The Bertz CT molecular complexity index is 946. The zero-order valence-electron chi connectivity index (χ0n) is 16.6. The molecule has 5 heteroatoms. The first-order chi connectivity index (χ1) is 14.0. The van der Waals surface area contributed by atoms with Crippen LogP contribution in [0.5, 0.6) is 0 Å². The van der Waals surface area contributed by atoms with Gasteiger partial charge in [0.05, 0.1) is 5.92 Å². The first-order valence-corrected chi connectivity index (χ1v) is 9.47. The van der Waals surface area contributed by atoms with Gasteiger partial charge >= 0.3 is 0 Å². The number of carbonyl (C=O) groups excluding carboxylic acids is 1. The van der Waals surface area contributed by atoms with E-state index in [1.165, 1.54) is 0 Å². The molecule has 0 aliphatic heterocycles. The van der Waals surface area contributed by atoms with Gasteiger partial charge in [0.1, 0.15) is 0 Å². The molecule has 0 heterocycles. The lowest BCUT2D eigenvalue weighted by Crippen LogP contribution is -2.25. The monoisotopic (exact) mass is 387 g/mol. The summed E-state index contributed by atoms with van der Waals surface area (Å²) in [5.74, 6) is -0.243. The number of nitrogens with one attached hydrogen (secondary N) is 1. The number of carbonyl (C=O) groups is 1. The number of amides is 1. The van der Waals surface area contributed by atoms with Crippen LogP contribution in [0.3, 0.4) is 0 Å². The Morgan fingerprint density at radius 2 is 1.55 bits per heavy atom. The van der Waals surface area contributed by atoms with Crippen LogP contribution in [0.25, 0.3) is 0 Å². The quantitative estimate of drug-likeness (QED) is 0.359. The van der Waals surface area contributed by atoms with Crippen molar-refractivity contribution in [2.75, 3.05) is 11.9 Å². The molecule has 0 saturated heterocycles. The van der Waals surface area contributed by atoms with E-state index in [9.17, 15) is 4.79 Å². The van der Waals surface area contributed by atoms with Gasteiger partial charge in [-0.15, -0.1) is 0 Å². The Labute approximate surface area is 171 Å². The number of nitrogens with zero attached hydrogens (tertiary/aromatic N) is 1. The second-order valence-electron chi connectivity index (χ2n) is 6.91. The lowest BCUT2D eigenvalue weighted by atomic mass is 9.90. The fraction of sp³-hybridized carbons (Fsp3) is 0.167. The van der Waals surface area contributed by atoms with Gasteiger partial charge in [-0.3, -0.25) is 4.79 Å². The van der Waals surface area contributed by atoms with Gasteiger partial charge in [-0.1, -0.05) is 78.0 Å². The number of amidine groups is 1. The average molecular weight is 387 g/mol. The highest BCUT2D eigenvalue weighted by molar-refractivity contribution is 5.93. The minimum atomic E-state index is -0.286. The average Bonchev–Trinajstić information content (AvgIpc) is 2.72. The summed E-state index contributed by atoms with van der Waals surface area (Å²) in [5, 5.41) is 6.88. The molecule has 29 heavy (non-hydrogen) atoms. The molecule has 148 valence electrons. The van der Waals surface area contributed by atoms with Crippen molar-refractivity contribution >= 4 is 17.4 Å². The van der Waals surface area contributed by atoms with Gasteiger partial charge in [-0.05, 0) is 42.2 Å². The Morgan fingerprint density at radius 3 is 2.14 bits per heavy atom. The number of anilines is 1. The molecule has 0 saturated carbocycles. The molecule has 0 unspecified atom stereocenters. The largest absolute Gasteiger partial charge is 0.384 e. The summed E-state index contributed by atoms with van der Waals surface area (Å²) in [6, 6.07) is 25.6. The minimum absolute atomic E-state index is 0.218. The maximum Gasteiger partial charge on any atom is 0.265 e. The van der Waals surface area contributed by atoms with E-state index in [1.54, 1.807) is 0 Å². The Morgan fingerprint density at radius 1 is 0.966 bits per heavy atom. The highest BCUT2D eigenvalue weighted by Crippen LogP contribution is 2.24. The van der Waals surface area contributed by atoms with E-state index in [0.717, 1.165) is 27.9 Å². The third-order valence-corrected chi connectivity index (χ3v) is 4.59. The molecule has 5 nitrogen and oxygen atoms in total. The summed E-state index contributed by atoms with van der Waals surface area (Å²) < 4.78 is 0. The van der Waals surface area contributed by atoms with Crippen molar-refractivity contribution in [2.45, 2.75) is 19.8 Å². The molecule has 3 rings (SSSR count). The van der Waals surface area contributed by atoms with E-state index in [0.29, 0.717) is 5.84 Å². The maximum atomic E-state index is 12.2. The fourth-order valence-electron chi connectivity index (χ4n) is 3.10. The molecule has 0 aliphatic carbocycles. The van der Waals surface area contributed by atoms with Gasteiger partial charge < -0.3 is 15.9 Å². The molecule has 0 radical (unpaired) electrons. The molecule has 0 bridgehead atoms. The fourth-order valence-corrected chi connectivity index (χ4v) is 3.10. The number of hydrogen-bond acceptors (Lipinski definition) is 3. The second kappa shape index (κ2) is 9.55. The Balaban J connectivity index is 1.69. The van der Waals surface area contributed by atoms with Gasteiger partial charge in [0.25, 0.3) is 5.91 Å². The molecule has 3 aromatic rings. The van der Waals surface area contributed by atoms with E-state index in [1.807, 2.05) is 92.7 Å². The molecule has 0 atom stereocenters. The molecule has 1 amide bonds. The first-order valence-electron chi connectivity index (χ1n) is 9.47. The smallest absolute Gasteiger partial charge is 0.265 e. The lowest BCUT2D eigenvalue weighted by Gasteiger charge is -2.17. The number of hydrogen-bond donors (Lipinski definition) is 2. The van der Waals surface area contributed by atoms with E-state index in [4.69, 9.17) is 10.6 Å². The van der Waals surface area contributed by atoms with Crippen LogP contribution in [-0.4, -0.2) is 18.3 Å². The normalized spacial score (nSPS) is 11.3. The second-order valence-corrected chi connectivity index (χ2v) is 6.91. The topological polar surface area (TPSA) is 76.7 Å². The van der Waals surface area contributed by atoms with Crippen molar-refractivity contribution in [2.24, 2.45) is 10.9 Å². The molecular formula is C24H25N3O2. The van der Waals surface area contributed by atoms with Crippen LogP contribution in [0.2, 0.25) is 0 Å². The summed E-state index contributed by atoms with van der Waals surface area (Å²) in [6.07, 6.45) is 0. The van der Waals surface area contributed by atoms with Gasteiger partial charge in [-0.25, -0.2) is 0 Å². The number of oxime groups is 1. The minimum Gasteiger partial charge on any atom is -0.384 e. The zero-order chi connectivity index (χ0) is 20.6. The molecule has 0 aliphatic rings. The van der Waals surface area contributed by atoms with E-state index >= 15 is 0 Å². The van der Waals surface area contributed by atoms with Crippen molar-refractivity contribution in [1.29, 1.82) is 0 Å². The van der Waals surface area contributed by atoms with Crippen LogP contribution in [0, 0.1) is 13.8 Å². The first kappa shape index (κ1) is 20.1. The van der Waals surface area contributed by atoms with E-state index < -0.39 is 0 Å². The highest BCUT2D eigenvalue weighted by Gasteiger charge is 2.19. The number of nitrogens with two attached hydrogens (primary N) is 1. The Kier molecular flexibility index (Phi) is 6.63. The summed E-state index contributed by atoms with van der Waals surface area (Å²) in [4.78, 5) is 17.5. The highest BCUT2D eigenvalue weighted by atomic mass is 16.6. The third kappa shape index (κ3) is 5.45. The number of rotatable bonds is 7. The van der Waals surface area contributed by atoms with Crippen molar-refractivity contribution in [3.63, 3.8) is 0 Å². The molecule has 0 spiro atoms.